The van der Waals surface area contributed by atoms with Gasteiger partial charge in [0.2, 0.25) is 0 Å². The van der Waals surface area contributed by atoms with E-state index in [2.05, 4.69) is 88.0 Å². The third-order valence-electron chi connectivity index (χ3n) is 1.44. The van der Waals surface area contributed by atoms with Crippen LogP contribution in [0.1, 0.15) is 11.1 Å². The highest BCUT2D eigenvalue weighted by molar-refractivity contribution is 9.38. The molecule has 1 aromatic rings. The molecule has 0 aliphatic heterocycles. The molecular formula is C8H6Br4. The van der Waals surface area contributed by atoms with Gasteiger partial charge >= 0.3 is 0 Å². The van der Waals surface area contributed by atoms with Crippen LogP contribution in [0.25, 0.3) is 0 Å². The molecule has 1 rings (SSSR count). The largest absolute Gasteiger partial charge is 0.159 e. The predicted molar refractivity (Wildman–Crippen MR) is 67.5 cm³/mol. The summed E-state index contributed by atoms with van der Waals surface area (Å²) in [5.41, 5.74) is 2.42. The molecule has 0 saturated heterocycles. The molecule has 0 fully saturated rings. The number of rotatable bonds is 1. The molecule has 0 heterocycles. The van der Waals surface area contributed by atoms with Crippen molar-refractivity contribution >= 4 is 63.7 Å². The van der Waals surface area contributed by atoms with Crippen molar-refractivity contribution in [2.24, 2.45) is 0 Å². The van der Waals surface area contributed by atoms with Gasteiger partial charge in [-0.15, -0.1) is 0 Å². The molecule has 1 aromatic carbocycles. The number of halogens is 4. The molecule has 0 amide bonds. The summed E-state index contributed by atoms with van der Waals surface area (Å²) in [6.45, 7) is 0. The first kappa shape index (κ1) is 11.2. The predicted octanol–water partition coefficient (Wildman–Crippen LogP) is 4.88. The number of hydrogen-bond donors (Lipinski definition) is 0. The van der Waals surface area contributed by atoms with Crippen molar-refractivity contribution in [2.45, 2.75) is 7.47 Å². The van der Waals surface area contributed by atoms with Crippen LogP contribution in [0.3, 0.4) is 0 Å². The summed E-state index contributed by atoms with van der Waals surface area (Å²) in [5.74, 6) is 0. The van der Waals surface area contributed by atoms with Crippen LogP contribution in [0.2, 0.25) is 0 Å². The lowest BCUT2D eigenvalue weighted by Gasteiger charge is -2.12. The molecule has 0 bridgehead atoms. The topological polar surface area (TPSA) is 0 Å². The Morgan fingerprint density at radius 2 is 1.50 bits per heavy atom. The summed E-state index contributed by atoms with van der Waals surface area (Å²) in [6.07, 6.45) is 0. The van der Waals surface area contributed by atoms with Crippen LogP contribution >= 0.6 is 63.7 Å². The van der Waals surface area contributed by atoms with E-state index in [1.807, 2.05) is 0 Å². The van der Waals surface area contributed by atoms with Gasteiger partial charge in [0.1, 0.15) is 0 Å². The first-order valence-corrected chi connectivity index (χ1v) is 6.76. The summed E-state index contributed by atoms with van der Waals surface area (Å²) in [6, 6.07) is 8.30. The van der Waals surface area contributed by atoms with Gasteiger partial charge in [0.15, 0.2) is 2.14 Å². The van der Waals surface area contributed by atoms with E-state index < -0.39 is 0 Å². The molecule has 0 aromatic heterocycles. The van der Waals surface area contributed by atoms with E-state index >= 15 is 0 Å². The summed E-state index contributed by atoms with van der Waals surface area (Å²) >= 11 is 13.8. The van der Waals surface area contributed by atoms with Gasteiger partial charge in [-0.25, -0.2) is 0 Å². The van der Waals surface area contributed by atoms with Crippen molar-refractivity contribution in [1.82, 2.24) is 0 Å². The zero-order valence-electron chi connectivity index (χ0n) is 6.03. The molecular weight excluding hydrogens is 416 g/mol. The second-order valence-electron chi connectivity index (χ2n) is 2.33. The lowest BCUT2D eigenvalue weighted by atomic mass is 10.2. The second-order valence-corrected chi connectivity index (χ2v) is 9.65. The van der Waals surface area contributed by atoms with Crippen LogP contribution in [-0.2, 0) is 7.47 Å². The standard InChI is InChI=1S/C8H6Br4/c9-5-6-1-3-7(4-2-6)8(10,11)12/h1-4H,5H2. The van der Waals surface area contributed by atoms with Crippen LogP contribution < -0.4 is 0 Å². The molecule has 12 heavy (non-hydrogen) atoms. The molecule has 0 saturated carbocycles. The van der Waals surface area contributed by atoms with Crippen molar-refractivity contribution in [3.05, 3.63) is 35.4 Å². The number of benzene rings is 1. The minimum atomic E-state index is -0.294. The van der Waals surface area contributed by atoms with E-state index in [4.69, 9.17) is 0 Å². The molecule has 4 heteroatoms. The zero-order valence-corrected chi connectivity index (χ0v) is 12.4. The molecule has 0 aliphatic rings. The van der Waals surface area contributed by atoms with Crippen molar-refractivity contribution in [2.75, 3.05) is 0 Å². The molecule has 0 radical (unpaired) electrons. The number of alkyl halides is 4. The van der Waals surface area contributed by atoms with Crippen molar-refractivity contribution < 1.29 is 0 Å². The summed E-state index contributed by atoms with van der Waals surface area (Å²) < 4.78 is -0.294. The van der Waals surface area contributed by atoms with Crippen molar-refractivity contribution in [3.8, 4) is 0 Å². The molecule has 0 spiro atoms. The monoisotopic (exact) mass is 418 g/mol. The lowest BCUT2D eigenvalue weighted by molar-refractivity contribution is 1.33. The fraction of sp³-hybridized carbons (Fsp3) is 0.250. The van der Waals surface area contributed by atoms with Gasteiger partial charge in [-0.3, -0.25) is 0 Å². The normalized spacial score (nSPS) is 11.7. The Hall–Kier alpha value is 1.14. The highest BCUT2D eigenvalue weighted by Gasteiger charge is 2.19. The molecule has 0 N–H and O–H groups in total. The first-order valence-electron chi connectivity index (χ1n) is 3.26. The van der Waals surface area contributed by atoms with E-state index in [0.29, 0.717) is 0 Å². The van der Waals surface area contributed by atoms with Crippen LogP contribution in [0.15, 0.2) is 24.3 Å². The molecule has 66 valence electrons. The Bertz CT molecular complexity index is 247. The average molecular weight is 422 g/mol. The fourth-order valence-electron chi connectivity index (χ4n) is 0.783. The minimum absolute atomic E-state index is 0.294. The third kappa shape index (κ3) is 3.13. The Morgan fingerprint density at radius 3 is 1.83 bits per heavy atom. The summed E-state index contributed by atoms with van der Waals surface area (Å²) in [4.78, 5) is 0. The van der Waals surface area contributed by atoms with E-state index in [1.165, 1.54) is 5.56 Å². The van der Waals surface area contributed by atoms with Crippen molar-refractivity contribution in [1.29, 1.82) is 0 Å². The average Bonchev–Trinajstić information content (AvgIpc) is 2.03. The maximum absolute atomic E-state index is 3.45. The van der Waals surface area contributed by atoms with Gasteiger partial charge in [-0.1, -0.05) is 88.0 Å². The van der Waals surface area contributed by atoms with Crippen molar-refractivity contribution in [3.63, 3.8) is 0 Å². The van der Waals surface area contributed by atoms with E-state index in [-0.39, 0.29) is 2.14 Å². The van der Waals surface area contributed by atoms with E-state index in [1.54, 1.807) is 0 Å². The maximum atomic E-state index is 3.45. The quantitative estimate of drug-likeness (QED) is 0.567. The second kappa shape index (κ2) is 4.58. The SMILES string of the molecule is BrCc1ccc(C(Br)(Br)Br)cc1. The Balaban J connectivity index is 2.93. The molecule has 0 nitrogen and oxygen atoms in total. The highest BCUT2D eigenvalue weighted by Crippen LogP contribution is 2.44. The molecule has 0 atom stereocenters. The first-order chi connectivity index (χ1) is 5.54. The van der Waals surface area contributed by atoms with Crippen LogP contribution in [0, 0.1) is 0 Å². The maximum Gasteiger partial charge on any atom is 0.159 e. The smallest absolute Gasteiger partial charge is 0.0876 e. The minimum Gasteiger partial charge on any atom is -0.0876 e. The van der Waals surface area contributed by atoms with Crippen LogP contribution in [-0.4, -0.2) is 0 Å². The van der Waals surface area contributed by atoms with Gasteiger partial charge in [0.25, 0.3) is 0 Å². The van der Waals surface area contributed by atoms with Gasteiger partial charge in [0, 0.05) is 5.33 Å². The Labute approximate surface area is 106 Å². The van der Waals surface area contributed by atoms with Crippen LogP contribution in [0.5, 0.6) is 0 Å². The van der Waals surface area contributed by atoms with Gasteiger partial charge in [-0.2, -0.15) is 0 Å². The van der Waals surface area contributed by atoms with Gasteiger partial charge in [0.05, 0.1) is 0 Å². The fourth-order valence-corrected chi connectivity index (χ4v) is 1.95. The van der Waals surface area contributed by atoms with E-state index in [0.717, 1.165) is 10.9 Å². The van der Waals surface area contributed by atoms with Gasteiger partial charge < -0.3 is 0 Å². The molecule has 0 aliphatic carbocycles. The van der Waals surface area contributed by atoms with Crippen LogP contribution in [0.4, 0.5) is 0 Å². The third-order valence-corrected chi connectivity index (χ3v) is 3.46. The highest BCUT2D eigenvalue weighted by atomic mass is 80.0. The lowest BCUT2D eigenvalue weighted by Crippen LogP contribution is -1.96. The van der Waals surface area contributed by atoms with E-state index in [9.17, 15) is 0 Å². The summed E-state index contributed by atoms with van der Waals surface area (Å²) in [5, 5.41) is 0.896. The Kier molecular flexibility index (Phi) is 4.28. The zero-order chi connectivity index (χ0) is 9.19. The number of hydrogen-bond acceptors (Lipinski definition) is 0. The molecule has 0 unspecified atom stereocenters. The Morgan fingerprint density at radius 1 is 1.00 bits per heavy atom. The summed E-state index contributed by atoms with van der Waals surface area (Å²) in [7, 11) is 0. The van der Waals surface area contributed by atoms with Gasteiger partial charge in [-0.05, 0) is 11.1 Å².